The molecular weight excluding hydrogens is 308 g/mol. The average molecular weight is 326 g/mol. The highest BCUT2D eigenvalue weighted by molar-refractivity contribution is 7.18. The van der Waals surface area contributed by atoms with Crippen LogP contribution in [0.25, 0.3) is 10.2 Å². The Morgan fingerprint density at radius 1 is 1.35 bits per heavy atom. The van der Waals surface area contributed by atoms with Crippen LogP contribution in [0.3, 0.4) is 0 Å². The molecule has 0 saturated carbocycles. The standard InChI is InChI=1S/C17H18N4OS/c1-2-21-16(22)14-12-7-3-4-8-13(12)23-15(14)20-17(21)19-11-6-5-9-18-10-11/h5-6,9-10H,2-4,7-8H2,1H3,(H,19,20). The summed E-state index contributed by atoms with van der Waals surface area (Å²) in [6.45, 7) is 2.57. The molecule has 1 N–H and O–H groups in total. The first kappa shape index (κ1) is 14.4. The van der Waals surface area contributed by atoms with E-state index in [1.54, 1.807) is 28.3 Å². The summed E-state index contributed by atoms with van der Waals surface area (Å²) in [6.07, 6.45) is 7.92. The van der Waals surface area contributed by atoms with E-state index in [9.17, 15) is 4.79 Å². The normalized spacial score (nSPS) is 14.0. The molecule has 0 amide bonds. The van der Waals surface area contributed by atoms with Crippen molar-refractivity contribution < 1.29 is 0 Å². The number of aromatic nitrogens is 3. The number of hydrogen-bond acceptors (Lipinski definition) is 5. The fraction of sp³-hybridized carbons (Fsp3) is 0.353. The molecule has 0 fully saturated rings. The van der Waals surface area contributed by atoms with E-state index in [2.05, 4.69) is 10.3 Å². The second-order valence-corrected chi connectivity index (χ2v) is 6.83. The van der Waals surface area contributed by atoms with E-state index < -0.39 is 0 Å². The first-order chi connectivity index (χ1) is 11.3. The SMILES string of the molecule is CCn1c(Nc2cccnc2)nc2sc3c(c2c1=O)CCCC3. The second-order valence-electron chi connectivity index (χ2n) is 5.74. The first-order valence-electron chi connectivity index (χ1n) is 8.00. The molecule has 5 nitrogen and oxygen atoms in total. The molecule has 6 heteroatoms. The molecule has 23 heavy (non-hydrogen) atoms. The van der Waals surface area contributed by atoms with Crippen LogP contribution in [-0.2, 0) is 19.4 Å². The molecule has 0 spiro atoms. The molecule has 1 aliphatic rings. The summed E-state index contributed by atoms with van der Waals surface area (Å²) in [5.74, 6) is 0.594. The summed E-state index contributed by atoms with van der Waals surface area (Å²) in [5.41, 5.74) is 2.15. The van der Waals surface area contributed by atoms with Crippen molar-refractivity contribution in [2.75, 3.05) is 5.32 Å². The van der Waals surface area contributed by atoms with Gasteiger partial charge in [-0.25, -0.2) is 4.98 Å². The topological polar surface area (TPSA) is 59.8 Å². The third-order valence-corrected chi connectivity index (χ3v) is 5.49. The number of anilines is 2. The molecular formula is C17H18N4OS. The molecule has 0 atom stereocenters. The lowest BCUT2D eigenvalue weighted by molar-refractivity contribution is 0.696. The van der Waals surface area contributed by atoms with Crippen molar-refractivity contribution in [1.29, 1.82) is 0 Å². The number of nitrogens with one attached hydrogen (secondary N) is 1. The van der Waals surface area contributed by atoms with Crippen molar-refractivity contribution >= 4 is 33.2 Å². The maximum Gasteiger partial charge on any atom is 0.263 e. The third kappa shape index (κ3) is 2.43. The van der Waals surface area contributed by atoms with Gasteiger partial charge in [0.25, 0.3) is 5.56 Å². The van der Waals surface area contributed by atoms with Crippen molar-refractivity contribution in [3.63, 3.8) is 0 Å². The van der Waals surface area contributed by atoms with Gasteiger partial charge in [0, 0.05) is 17.6 Å². The smallest absolute Gasteiger partial charge is 0.263 e. The van der Waals surface area contributed by atoms with Crippen LogP contribution < -0.4 is 10.9 Å². The van der Waals surface area contributed by atoms with Gasteiger partial charge in [-0.3, -0.25) is 14.3 Å². The van der Waals surface area contributed by atoms with Gasteiger partial charge in [0.05, 0.1) is 17.3 Å². The fourth-order valence-electron chi connectivity index (χ4n) is 3.19. The van der Waals surface area contributed by atoms with Gasteiger partial charge in [0.1, 0.15) is 4.83 Å². The van der Waals surface area contributed by atoms with Gasteiger partial charge in [-0.2, -0.15) is 0 Å². The van der Waals surface area contributed by atoms with Crippen molar-refractivity contribution in [3.8, 4) is 0 Å². The number of nitrogens with zero attached hydrogens (tertiary/aromatic N) is 3. The lowest BCUT2D eigenvalue weighted by Crippen LogP contribution is -2.23. The highest BCUT2D eigenvalue weighted by atomic mass is 32.1. The zero-order chi connectivity index (χ0) is 15.8. The van der Waals surface area contributed by atoms with Crippen LogP contribution in [0, 0.1) is 0 Å². The summed E-state index contributed by atoms with van der Waals surface area (Å²) in [5, 5.41) is 4.07. The van der Waals surface area contributed by atoms with E-state index >= 15 is 0 Å². The average Bonchev–Trinajstić information content (AvgIpc) is 2.94. The van der Waals surface area contributed by atoms with Crippen LogP contribution in [0.5, 0.6) is 0 Å². The highest BCUT2D eigenvalue weighted by Crippen LogP contribution is 2.34. The molecule has 3 heterocycles. The highest BCUT2D eigenvalue weighted by Gasteiger charge is 2.21. The molecule has 0 radical (unpaired) electrons. The lowest BCUT2D eigenvalue weighted by atomic mass is 9.97. The van der Waals surface area contributed by atoms with Crippen LogP contribution in [0.4, 0.5) is 11.6 Å². The molecule has 118 valence electrons. The fourth-order valence-corrected chi connectivity index (χ4v) is 4.44. The minimum Gasteiger partial charge on any atom is -0.324 e. The Balaban J connectivity index is 1.90. The summed E-state index contributed by atoms with van der Waals surface area (Å²) in [4.78, 5) is 24.0. The third-order valence-electron chi connectivity index (χ3n) is 4.31. The van der Waals surface area contributed by atoms with Gasteiger partial charge >= 0.3 is 0 Å². The largest absolute Gasteiger partial charge is 0.324 e. The first-order valence-corrected chi connectivity index (χ1v) is 8.81. The van der Waals surface area contributed by atoms with Gasteiger partial charge in [0.15, 0.2) is 0 Å². The Bertz CT molecular complexity index is 914. The van der Waals surface area contributed by atoms with E-state index in [1.807, 2.05) is 19.1 Å². The summed E-state index contributed by atoms with van der Waals surface area (Å²) in [7, 11) is 0. The summed E-state index contributed by atoms with van der Waals surface area (Å²) in [6, 6.07) is 3.78. The predicted molar refractivity (Wildman–Crippen MR) is 93.7 cm³/mol. The molecule has 3 aromatic heterocycles. The van der Waals surface area contributed by atoms with Gasteiger partial charge < -0.3 is 5.32 Å². The molecule has 4 rings (SSSR count). The maximum atomic E-state index is 13.0. The molecule has 0 unspecified atom stereocenters. The van der Waals surface area contributed by atoms with Crippen molar-refractivity contribution in [2.45, 2.75) is 39.2 Å². The molecule has 0 aromatic carbocycles. The van der Waals surface area contributed by atoms with Crippen molar-refractivity contribution in [3.05, 3.63) is 45.3 Å². The number of pyridine rings is 1. The van der Waals surface area contributed by atoms with Crippen LogP contribution in [-0.4, -0.2) is 14.5 Å². The Morgan fingerprint density at radius 2 is 2.22 bits per heavy atom. The van der Waals surface area contributed by atoms with E-state index in [-0.39, 0.29) is 5.56 Å². The lowest BCUT2D eigenvalue weighted by Gasteiger charge is -2.13. The number of fused-ring (bicyclic) bond motifs is 3. The summed E-state index contributed by atoms with van der Waals surface area (Å²) >= 11 is 1.68. The van der Waals surface area contributed by atoms with Gasteiger partial charge in [-0.1, -0.05) is 0 Å². The monoisotopic (exact) mass is 326 g/mol. The van der Waals surface area contributed by atoms with Crippen LogP contribution >= 0.6 is 11.3 Å². The van der Waals surface area contributed by atoms with Gasteiger partial charge in [-0.05, 0) is 50.3 Å². The van der Waals surface area contributed by atoms with Gasteiger partial charge in [0.2, 0.25) is 5.95 Å². The minimum absolute atomic E-state index is 0.0725. The molecule has 3 aromatic rings. The zero-order valence-corrected chi connectivity index (χ0v) is 13.8. The second kappa shape index (κ2) is 5.77. The quantitative estimate of drug-likeness (QED) is 0.800. The molecule has 0 saturated heterocycles. The minimum atomic E-state index is 0.0725. The predicted octanol–water partition coefficient (Wildman–Crippen LogP) is 3.50. The number of hydrogen-bond donors (Lipinski definition) is 1. The van der Waals surface area contributed by atoms with E-state index in [0.717, 1.165) is 28.7 Å². The zero-order valence-electron chi connectivity index (χ0n) is 13.0. The van der Waals surface area contributed by atoms with Crippen molar-refractivity contribution in [2.24, 2.45) is 0 Å². The van der Waals surface area contributed by atoms with Gasteiger partial charge in [-0.15, -0.1) is 11.3 Å². The number of rotatable bonds is 3. The van der Waals surface area contributed by atoms with E-state index in [1.165, 1.54) is 23.3 Å². The van der Waals surface area contributed by atoms with E-state index in [4.69, 9.17) is 4.98 Å². The Labute approximate surface area is 138 Å². The summed E-state index contributed by atoms with van der Waals surface area (Å²) < 4.78 is 1.72. The molecule has 0 bridgehead atoms. The molecule has 1 aliphatic carbocycles. The van der Waals surface area contributed by atoms with Crippen LogP contribution in [0.2, 0.25) is 0 Å². The maximum absolute atomic E-state index is 13.0. The van der Waals surface area contributed by atoms with Crippen LogP contribution in [0.1, 0.15) is 30.2 Å². The van der Waals surface area contributed by atoms with Crippen molar-refractivity contribution in [1.82, 2.24) is 14.5 Å². The number of thiophene rings is 1. The molecule has 0 aliphatic heterocycles. The van der Waals surface area contributed by atoms with Crippen LogP contribution in [0.15, 0.2) is 29.3 Å². The number of aryl methyl sites for hydroxylation is 2. The van der Waals surface area contributed by atoms with E-state index in [0.29, 0.717) is 12.5 Å². The Hall–Kier alpha value is -2.21. The Morgan fingerprint density at radius 3 is 3.00 bits per heavy atom. The Kier molecular flexibility index (Phi) is 3.61.